The minimum absolute atomic E-state index is 0.746. The summed E-state index contributed by atoms with van der Waals surface area (Å²) in [6, 6.07) is 2.91. The van der Waals surface area contributed by atoms with Crippen LogP contribution in [0.15, 0.2) is 6.07 Å². The maximum Gasteiger partial charge on any atom is 0.133 e. The van der Waals surface area contributed by atoms with Crippen molar-refractivity contribution in [1.29, 1.82) is 0 Å². The van der Waals surface area contributed by atoms with Gasteiger partial charge in [-0.15, -0.1) is 0 Å². The molecule has 0 amide bonds. The van der Waals surface area contributed by atoms with Gasteiger partial charge in [-0.1, -0.05) is 0 Å². The molecular formula is C13H21N3. The Morgan fingerprint density at radius 1 is 1.38 bits per heavy atom. The van der Waals surface area contributed by atoms with Crippen molar-refractivity contribution in [2.75, 3.05) is 19.0 Å². The second-order valence-electron chi connectivity index (χ2n) is 4.93. The van der Waals surface area contributed by atoms with Gasteiger partial charge in [0.15, 0.2) is 0 Å². The lowest BCUT2D eigenvalue weighted by molar-refractivity contribution is 0.681. The van der Waals surface area contributed by atoms with Crippen molar-refractivity contribution >= 4 is 5.82 Å². The Morgan fingerprint density at radius 3 is 2.62 bits per heavy atom. The first-order valence-corrected chi connectivity index (χ1v) is 5.95. The number of rotatable bonds is 4. The van der Waals surface area contributed by atoms with E-state index in [4.69, 9.17) is 0 Å². The molecule has 0 aromatic carbocycles. The zero-order chi connectivity index (χ0) is 11.7. The van der Waals surface area contributed by atoms with Crippen molar-refractivity contribution in [3.8, 4) is 0 Å². The number of anilines is 1. The van der Waals surface area contributed by atoms with E-state index < -0.39 is 0 Å². The second kappa shape index (κ2) is 4.42. The highest BCUT2D eigenvalue weighted by molar-refractivity contribution is 5.50. The standard InChI is InChI=1S/C13H21N3/c1-9-7-10(2)15-13(16(3)4)12(9)8-14-11-5-6-11/h7,11,14H,5-6,8H2,1-4H3. The van der Waals surface area contributed by atoms with Gasteiger partial charge in [-0.25, -0.2) is 4.98 Å². The van der Waals surface area contributed by atoms with Crippen LogP contribution in [0.5, 0.6) is 0 Å². The summed E-state index contributed by atoms with van der Waals surface area (Å²) in [4.78, 5) is 6.72. The van der Waals surface area contributed by atoms with Gasteiger partial charge in [0.25, 0.3) is 0 Å². The van der Waals surface area contributed by atoms with Gasteiger partial charge in [-0.3, -0.25) is 0 Å². The van der Waals surface area contributed by atoms with Gasteiger partial charge in [-0.2, -0.15) is 0 Å². The van der Waals surface area contributed by atoms with Crippen LogP contribution >= 0.6 is 0 Å². The third kappa shape index (κ3) is 2.53. The van der Waals surface area contributed by atoms with Crippen LogP contribution in [0.2, 0.25) is 0 Å². The Balaban J connectivity index is 2.24. The molecule has 3 nitrogen and oxygen atoms in total. The Hall–Kier alpha value is -1.09. The van der Waals surface area contributed by atoms with Crippen LogP contribution in [0, 0.1) is 13.8 Å². The first-order valence-electron chi connectivity index (χ1n) is 5.95. The predicted octanol–water partition coefficient (Wildman–Crippen LogP) is 2.02. The number of hydrogen-bond acceptors (Lipinski definition) is 3. The van der Waals surface area contributed by atoms with Gasteiger partial charge in [-0.05, 0) is 38.3 Å². The molecule has 2 rings (SSSR count). The average Bonchev–Trinajstić information content (AvgIpc) is 2.98. The molecule has 1 aliphatic rings. The molecule has 1 aliphatic carbocycles. The maximum absolute atomic E-state index is 4.62. The number of nitrogens with one attached hydrogen (secondary N) is 1. The maximum atomic E-state index is 4.62. The largest absolute Gasteiger partial charge is 0.362 e. The molecule has 1 saturated carbocycles. The summed E-state index contributed by atoms with van der Waals surface area (Å²) in [7, 11) is 4.11. The molecule has 1 fully saturated rings. The van der Waals surface area contributed by atoms with Gasteiger partial charge in [0, 0.05) is 37.9 Å². The summed E-state index contributed by atoms with van der Waals surface area (Å²) < 4.78 is 0. The molecule has 1 aromatic heterocycles. The van der Waals surface area contributed by atoms with E-state index >= 15 is 0 Å². The monoisotopic (exact) mass is 219 g/mol. The zero-order valence-corrected chi connectivity index (χ0v) is 10.7. The lowest BCUT2D eigenvalue weighted by Crippen LogP contribution is -2.21. The van der Waals surface area contributed by atoms with Crippen LogP contribution in [-0.2, 0) is 6.54 Å². The summed E-state index contributed by atoms with van der Waals surface area (Å²) >= 11 is 0. The summed E-state index contributed by atoms with van der Waals surface area (Å²) in [6.07, 6.45) is 2.66. The van der Waals surface area contributed by atoms with E-state index in [0.29, 0.717) is 0 Å². The van der Waals surface area contributed by atoms with Gasteiger partial charge < -0.3 is 10.2 Å². The topological polar surface area (TPSA) is 28.2 Å². The van der Waals surface area contributed by atoms with E-state index in [0.717, 1.165) is 24.1 Å². The fourth-order valence-electron chi connectivity index (χ4n) is 1.97. The quantitative estimate of drug-likeness (QED) is 0.839. The number of pyridine rings is 1. The summed E-state index contributed by atoms with van der Waals surface area (Å²) in [5.74, 6) is 1.10. The minimum Gasteiger partial charge on any atom is -0.362 e. The summed E-state index contributed by atoms with van der Waals surface area (Å²) in [6.45, 7) is 5.17. The molecule has 88 valence electrons. The second-order valence-corrected chi connectivity index (χ2v) is 4.93. The van der Waals surface area contributed by atoms with E-state index in [-0.39, 0.29) is 0 Å². The van der Waals surface area contributed by atoms with Gasteiger partial charge in [0.1, 0.15) is 5.82 Å². The summed E-state index contributed by atoms with van der Waals surface area (Å²) in [5, 5.41) is 3.56. The highest BCUT2D eigenvalue weighted by Crippen LogP contribution is 2.24. The van der Waals surface area contributed by atoms with Gasteiger partial charge >= 0.3 is 0 Å². The van der Waals surface area contributed by atoms with E-state index in [2.05, 4.69) is 49.2 Å². The molecule has 3 heteroatoms. The van der Waals surface area contributed by atoms with Crippen LogP contribution in [0.1, 0.15) is 29.7 Å². The van der Waals surface area contributed by atoms with Crippen LogP contribution in [0.25, 0.3) is 0 Å². The van der Waals surface area contributed by atoms with Crippen molar-refractivity contribution in [3.05, 3.63) is 22.9 Å². The number of hydrogen-bond donors (Lipinski definition) is 1. The molecular weight excluding hydrogens is 198 g/mol. The number of aromatic nitrogens is 1. The molecule has 1 heterocycles. The SMILES string of the molecule is Cc1cc(C)c(CNC2CC2)c(N(C)C)n1. The van der Waals surface area contributed by atoms with Crippen LogP contribution < -0.4 is 10.2 Å². The van der Waals surface area contributed by atoms with Crippen LogP contribution in [-0.4, -0.2) is 25.1 Å². The summed E-state index contributed by atoms with van der Waals surface area (Å²) in [5.41, 5.74) is 3.77. The Bertz CT molecular complexity index is 381. The van der Waals surface area contributed by atoms with Crippen molar-refractivity contribution < 1.29 is 0 Å². The van der Waals surface area contributed by atoms with Crippen molar-refractivity contribution in [2.24, 2.45) is 0 Å². The highest BCUT2D eigenvalue weighted by atomic mass is 15.1. The first kappa shape index (κ1) is 11.4. The predicted molar refractivity (Wildman–Crippen MR) is 67.9 cm³/mol. The lowest BCUT2D eigenvalue weighted by atomic mass is 10.1. The molecule has 0 radical (unpaired) electrons. The molecule has 0 spiro atoms. The molecule has 0 saturated heterocycles. The fourth-order valence-corrected chi connectivity index (χ4v) is 1.97. The molecule has 0 atom stereocenters. The number of aryl methyl sites for hydroxylation is 2. The van der Waals surface area contributed by atoms with Crippen LogP contribution in [0.4, 0.5) is 5.82 Å². The third-order valence-electron chi connectivity index (χ3n) is 3.02. The fraction of sp³-hybridized carbons (Fsp3) is 0.615. The zero-order valence-electron chi connectivity index (χ0n) is 10.7. The molecule has 1 aromatic rings. The van der Waals surface area contributed by atoms with E-state index in [1.54, 1.807) is 0 Å². The highest BCUT2D eigenvalue weighted by Gasteiger charge is 2.21. The minimum atomic E-state index is 0.746. The molecule has 0 unspecified atom stereocenters. The lowest BCUT2D eigenvalue weighted by Gasteiger charge is -2.19. The van der Waals surface area contributed by atoms with Gasteiger partial charge in [0.05, 0.1) is 0 Å². The van der Waals surface area contributed by atoms with E-state index in [9.17, 15) is 0 Å². The smallest absolute Gasteiger partial charge is 0.133 e. The Labute approximate surface area is 97.9 Å². The van der Waals surface area contributed by atoms with E-state index in [1.165, 1.54) is 24.0 Å². The van der Waals surface area contributed by atoms with E-state index in [1.807, 2.05) is 0 Å². The van der Waals surface area contributed by atoms with Crippen molar-refractivity contribution in [1.82, 2.24) is 10.3 Å². The molecule has 16 heavy (non-hydrogen) atoms. The molecule has 1 N–H and O–H groups in total. The first-order chi connectivity index (χ1) is 7.58. The molecule has 0 aliphatic heterocycles. The Morgan fingerprint density at radius 2 is 2.06 bits per heavy atom. The van der Waals surface area contributed by atoms with Crippen molar-refractivity contribution in [2.45, 2.75) is 39.3 Å². The van der Waals surface area contributed by atoms with Crippen LogP contribution in [0.3, 0.4) is 0 Å². The molecule has 0 bridgehead atoms. The Kier molecular flexibility index (Phi) is 3.15. The van der Waals surface area contributed by atoms with Gasteiger partial charge in [0.2, 0.25) is 0 Å². The normalized spacial score (nSPS) is 15.2. The average molecular weight is 219 g/mol. The van der Waals surface area contributed by atoms with Crippen molar-refractivity contribution in [3.63, 3.8) is 0 Å². The third-order valence-corrected chi connectivity index (χ3v) is 3.02. The number of nitrogens with zero attached hydrogens (tertiary/aromatic N) is 2.